The highest BCUT2D eigenvalue weighted by molar-refractivity contribution is 7.14. The number of fused-ring (bicyclic) bond motifs is 2. The molecule has 2 aromatic carbocycles. The monoisotopic (exact) mass is 601 g/mol. The van der Waals surface area contributed by atoms with Crippen LogP contribution in [0.25, 0.3) is 11.3 Å². The van der Waals surface area contributed by atoms with E-state index in [4.69, 9.17) is 9.72 Å². The largest absolute Gasteiger partial charge is 0.488 e. The first-order valence-corrected chi connectivity index (χ1v) is 15.7. The average molecular weight is 602 g/mol. The molecular formula is C33H39N5O4S. The van der Waals surface area contributed by atoms with Crippen LogP contribution in [0.1, 0.15) is 53.6 Å². The molecule has 2 unspecified atom stereocenters. The van der Waals surface area contributed by atoms with Gasteiger partial charge in [0.05, 0.1) is 12.2 Å². The Labute approximate surface area is 256 Å². The molecule has 1 aliphatic carbocycles. The molecule has 1 saturated heterocycles. The van der Waals surface area contributed by atoms with Gasteiger partial charge < -0.3 is 24.8 Å². The SMILES string of the molecule is Cc1ccc(OCc2ccc(C(O)N(C)Cc3ncc[nH]3)cc2C)c(-c2csc(N3C[C@H]4CC[C@@H](C3)C4CC(=O)O)n2)c1. The van der Waals surface area contributed by atoms with Gasteiger partial charge in [-0.1, -0.05) is 29.8 Å². The van der Waals surface area contributed by atoms with E-state index in [-0.39, 0.29) is 12.3 Å². The van der Waals surface area contributed by atoms with Crippen molar-refractivity contribution in [2.24, 2.45) is 17.8 Å². The van der Waals surface area contributed by atoms with Crippen LogP contribution in [0.3, 0.4) is 0 Å². The highest BCUT2D eigenvalue weighted by Crippen LogP contribution is 2.46. The number of benzene rings is 2. The van der Waals surface area contributed by atoms with Crippen molar-refractivity contribution in [1.29, 1.82) is 0 Å². The number of aromatic amines is 1. The summed E-state index contributed by atoms with van der Waals surface area (Å²) in [6.07, 6.45) is 5.22. The van der Waals surface area contributed by atoms with Gasteiger partial charge in [0, 0.05) is 42.8 Å². The molecule has 0 amide bonds. The minimum absolute atomic E-state index is 0.280. The summed E-state index contributed by atoms with van der Waals surface area (Å²) in [6, 6.07) is 12.2. The van der Waals surface area contributed by atoms with Crippen molar-refractivity contribution in [2.45, 2.75) is 52.5 Å². The van der Waals surface area contributed by atoms with E-state index in [1.54, 1.807) is 23.7 Å². The molecule has 3 N–H and O–H groups in total. The first-order valence-electron chi connectivity index (χ1n) is 14.9. The molecule has 0 spiro atoms. The van der Waals surface area contributed by atoms with E-state index in [0.29, 0.717) is 25.0 Å². The van der Waals surface area contributed by atoms with Gasteiger partial charge >= 0.3 is 5.97 Å². The van der Waals surface area contributed by atoms with Crippen molar-refractivity contribution in [3.63, 3.8) is 0 Å². The number of ether oxygens (including phenoxy) is 1. The molecule has 2 bridgehead atoms. The van der Waals surface area contributed by atoms with Crippen LogP contribution in [0.2, 0.25) is 0 Å². The van der Waals surface area contributed by atoms with Crippen LogP contribution in [-0.4, -0.2) is 56.2 Å². The zero-order chi connectivity index (χ0) is 30.1. The highest BCUT2D eigenvalue weighted by Gasteiger charge is 2.43. The van der Waals surface area contributed by atoms with E-state index in [1.807, 2.05) is 43.1 Å². The Balaban J connectivity index is 1.13. The van der Waals surface area contributed by atoms with Crippen molar-refractivity contribution in [3.05, 3.63) is 82.3 Å². The van der Waals surface area contributed by atoms with Crippen LogP contribution in [0.15, 0.2) is 54.2 Å². The minimum atomic E-state index is -0.750. The number of aliphatic hydroxyl groups is 1. The summed E-state index contributed by atoms with van der Waals surface area (Å²) in [5.74, 6) is 2.03. The number of piperidine rings is 1. The summed E-state index contributed by atoms with van der Waals surface area (Å²) < 4.78 is 6.39. The lowest BCUT2D eigenvalue weighted by molar-refractivity contribution is -0.138. The molecule has 4 atom stereocenters. The van der Waals surface area contributed by atoms with Crippen molar-refractivity contribution in [3.8, 4) is 17.0 Å². The van der Waals surface area contributed by atoms with Gasteiger partial charge in [0.2, 0.25) is 0 Å². The molecule has 4 aromatic rings. The highest BCUT2D eigenvalue weighted by atomic mass is 32.1. The predicted molar refractivity (Wildman–Crippen MR) is 167 cm³/mol. The number of hydrogen-bond acceptors (Lipinski definition) is 8. The van der Waals surface area contributed by atoms with Crippen molar-refractivity contribution >= 4 is 22.4 Å². The Morgan fingerprint density at radius 3 is 2.67 bits per heavy atom. The summed E-state index contributed by atoms with van der Waals surface area (Å²) in [4.78, 5) is 27.9. The molecule has 1 saturated carbocycles. The van der Waals surface area contributed by atoms with Gasteiger partial charge in [-0.05, 0) is 80.3 Å². The Morgan fingerprint density at radius 1 is 1.19 bits per heavy atom. The standard InChI is InChI=1S/C33H39N5O4S/c1-20-4-9-29(42-18-25-8-5-22(13-21(25)2)32(41)37(3)17-30-34-10-11-35-30)27(12-20)28-19-43-33(36-28)38-15-23-6-7-24(16-38)26(23)14-31(39)40/h4-5,8-13,19,23-24,26,32,41H,6-7,14-18H2,1-3H3,(H,34,35)(H,39,40)/t23-,24+,26?,32?. The Morgan fingerprint density at radius 2 is 1.98 bits per heavy atom. The smallest absolute Gasteiger partial charge is 0.303 e. The molecule has 6 rings (SSSR count). The molecule has 1 aliphatic heterocycles. The zero-order valence-corrected chi connectivity index (χ0v) is 25.7. The van der Waals surface area contributed by atoms with Gasteiger partial charge in [-0.3, -0.25) is 9.69 Å². The van der Waals surface area contributed by atoms with Crippen LogP contribution < -0.4 is 9.64 Å². The quantitative estimate of drug-likeness (QED) is 0.185. The van der Waals surface area contributed by atoms with E-state index in [1.165, 1.54) is 0 Å². The number of anilines is 1. The lowest BCUT2D eigenvalue weighted by Gasteiger charge is -2.37. The van der Waals surface area contributed by atoms with Gasteiger partial charge in [-0.15, -0.1) is 11.3 Å². The molecule has 2 aliphatic rings. The number of thiazole rings is 1. The van der Waals surface area contributed by atoms with E-state index in [0.717, 1.165) is 76.1 Å². The number of H-pyrrole nitrogens is 1. The van der Waals surface area contributed by atoms with E-state index >= 15 is 0 Å². The maximum atomic E-state index is 11.4. The van der Waals surface area contributed by atoms with Crippen molar-refractivity contribution < 1.29 is 19.7 Å². The van der Waals surface area contributed by atoms with E-state index in [9.17, 15) is 15.0 Å². The van der Waals surface area contributed by atoms with Crippen LogP contribution in [0, 0.1) is 31.6 Å². The number of aliphatic carboxylic acids is 1. The number of hydrogen-bond donors (Lipinski definition) is 3. The molecule has 9 nitrogen and oxygen atoms in total. The van der Waals surface area contributed by atoms with Crippen molar-refractivity contribution in [2.75, 3.05) is 25.0 Å². The summed E-state index contributed by atoms with van der Waals surface area (Å²) >= 11 is 1.65. The fourth-order valence-electron chi connectivity index (χ4n) is 6.69. The zero-order valence-electron chi connectivity index (χ0n) is 24.9. The molecule has 2 aromatic heterocycles. The number of carbonyl (C=O) groups is 1. The van der Waals surface area contributed by atoms with Crippen LogP contribution >= 0.6 is 11.3 Å². The predicted octanol–water partition coefficient (Wildman–Crippen LogP) is 5.79. The number of nitrogens with one attached hydrogen (secondary N) is 1. The van der Waals surface area contributed by atoms with Gasteiger partial charge in [0.1, 0.15) is 24.4 Å². The normalized spacial score (nSPS) is 20.5. The maximum Gasteiger partial charge on any atom is 0.303 e. The molecule has 226 valence electrons. The van der Waals surface area contributed by atoms with Crippen LogP contribution in [0.4, 0.5) is 5.13 Å². The second-order valence-electron chi connectivity index (χ2n) is 12.1. The number of carboxylic acids is 1. The second-order valence-corrected chi connectivity index (χ2v) is 12.9. The molecular weight excluding hydrogens is 562 g/mol. The van der Waals surface area contributed by atoms with Crippen LogP contribution in [0.5, 0.6) is 5.75 Å². The summed E-state index contributed by atoms with van der Waals surface area (Å²) in [6.45, 7) is 6.77. The molecule has 3 heterocycles. The average Bonchev–Trinajstić information content (AvgIpc) is 3.72. The molecule has 43 heavy (non-hydrogen) atoms. The van der Waals surface area contributed by atoms with Gasteiger partial charge in [0.25, 0.3) is 0 Å². The van der Waals surface area contributed by atoms with Gasteiger partial charge in [0.15, 0.2) is 5.13 Å². The van der Waals surface area contributed by atoms with E-state index in [2.05, 4.69) is 39.3 Å². The third-order valence-electron chi connectivity index (χ3n) is 9.03. The fourth-order valence-corrected chi connectivity index (χ4v) is 7.53. The van der Waals surface area contributed by atoms with Gasteiger partial charge in [-0.25, -0.2) is 9.97 Å². The molecule has 2 fully saturated rings. The Kier molecular flexibility index (Phi) is 8.52. The first kappa shape index (κ1) is 29.3. The summed E-state index contributed by atoms with van der Waals surface area (Å²) in [7, 11) is 1.87. The fraction of sp³-hybridized carbons (Fsp3) is 0.424. The number of carboxylic acid groups (broad SMARTS) is 1. The minimum Gasteiger partial charge on any atom is -0.488 e. The topological polar surface area (TPSA) is 115 Å². The molecule has 0 radical (unpaired) electrons. The number of aliphatic hydroxyl groups excluding tert-OH is 1. The number of imidazole rings is 1. The van der Waals surface area contributed by atoms with Gasteiger partial charge in [-0.2, -0.15) is 0 Å². The third-order valence-corrected chi connectivity index (χ3v) is 9.93. The number of aryl methyl sites for hydroxylation is 2. The van der Waals surface area contributed by atoms with Crippen LogP contribution in [-0.2, 0) is 17.9 Å². The maximum absolute atomic E-state index is 11.4. The lowest BCUT2D eigenvalue weighted by atomic mass is 9.83. The summed E-state index contributed by atoms with van der Waals surface area (Å²) in [5.41, 5.74) is 5.92. The summed E-state index contributed by atoms with van der Waals surface area (Å²) in [5, 5.41) is 23.4. The first-order chi connectivity index (χ1) is 20.7. The number of aromatic nitrogens is 3. The Bertz CT molecular complexity index is 1560. The van der Waals surface area contributed by atoms with E-state index < -0.39 is 12.2 Å². The number of nitrogens with zero attached hydrogens (tertiary/aromatic N) is 4. The Hall–Kier alpha value is -3.73. The lowest BCUT2D eigenvalue weighted by Crippen LogP contribution is -2.42. The second kappa shape index (κ2) is 12.5. The third kappa shape index (κ3) is 6.46. The number of rotatable bonds is 11. The molecule has 10 heteroatoms. The van der Waals surface area contributed by atoms with Crippen molar-refractivity contribution in [1.82, 2.24) is 19.9 Å².